The number of halogens is 1. The molecule has 1 fully saturated rings. The first kappa shape index (κ1) is 16.3. The second kappa shape index (κ2) is 7.26. The van der Waals surface area contributed by atoms with E-state index in [-0.39, 0.29) is 5.82 Å². The van der Waals surface area contributed by atoms with Gasteiger partial charge >= 0.3 is 0 Å². The van der Waals surface area contributed by atoms with Crippen molar-refractivity contribution in [2.45, 2.75) is 65.0 Å². The van der Waals surface area contributed by atoms with Crippen LogP contribution in [0, 0.1) is 11.7 Å². The Labute approximate surface area is 128 Å². The van der Waals surface area contributed by atoms with Crippen LogP contribution in [0.2, 0.25) is 0 Å². The van der Waals surface area contributed by atoms with Crippen molar-refractivity contribution >= 4 is 5.69 Å². The summed E-state index contributed by atoms with van der Waals surface area (Å²) < 4.78 is 14.2. The van der Waals surface area contributed by atoms with E-state index < -0.39 is 6.10 Å². The molecule has 0 bridgehead atoms. The number of nitrogens with zero attached hydrogens (tertiary/aromatic N) is 1. The Hall–Kier alpha value is -1.09. The van der Waals surface area contributed by atoms with Crippen LogP contribution in [0.3, 0.4) is 0 Å². The molecule has 0 radical (unpaired) electrons. The normalized spacial score (nSPS) is 17.4. The third-order valence-electron chi connectivity index (χ3n) is 4.47. The zero-order chi connectivity index (χ0) is 15.4. The molecule has 1 saturated carbocycles. The Balaban J connectivity index is 2.33. The van der Waals surface area contributed by atoms with Crippen LogP contribution in [0.5, 0.6) is 0 Å². The molecule has 2 rings (SSSR count). The third kappa shape index (κ3) is 3.97. The molecule has 0 aliphatic heterocycles. The quantitative estimate of drug-likeness (QED) is 0.823. The first-order chi connectivity index (χ1) is 10.0. The Kier molecular flexibility index (Phi) is 5.63. The minimum atomic E-state index is -0.774. The SMILES string of the molecule is CC(C)CCN(c1cccc(F)c1C(C)O)C1CCCC1. The second-order valence-corrected chi connectivity index (χ2v) is 6.66. The molecule has 0 heterocycles. The van der Waals surface area contributed by atoms with Gasteiger partial charge < -0.3 is 10.0 Å². The minimum Gasteiger partial charge on any atom is -0.389 e. The highest BCUT2D eigenvalue weighted by Crippen LogP contribution is 2.34. The van der Waals surface area contributed by atoms with Crippen molar-refractivity contribution in [3.63, 3.8) is 0 Å². The topological polar surface area (TPSA) is 23.5 Å². The number of benzene rings is 1. The molecule has 1 unspecified atom stereocenters. The number of aliphatic hydroxyl groups excluding tert-OH is 1. The zero-order valence-electron chi connectivity index (χ0n) is 13.5. The summed E-state index contributed by atoms with van der Waals surface area (Å²) in [6, 6.07) is 5.65. The Morgan fingerprint density at radius 1 is 1.24 bits per heavy atom. The van der Waals surface area contributed by atoms with Gasteiger partial charge in [0.1, 0.15) is 5.82 Å². The van der Waals surface area contributed by atoms with Gasteiger partial charge in [-0.1, -0.05) is 32.8 Å². The highest BCUT2D eigenvalue weighted by Gasteiger charge is 2.26. The van der Waals surface area contributed by atoms with Crippen LogP contribution in [0.1, 0.15) is 64.5 Å². The number of hydrogen-bond acceptors (Lipinski definition) is 2. The van der Waals surface area contributed by atoms with E-state index in [9.17, 15) is 9.50 Å². The molecule has 0 spiro atoms. The summed E-state index contributed by atoms with van der Waals surface area (Å²) in [5, 5.41) is 9.99. The lowest BCUT2D eigenvalue weighted by molar-refractivity contribution is 0.194. The molecule has 3 heteroatoms. The highest BCUT2D eigenvalue weighted by atomic mass is 19.1. The zero-order valence-corrected chi connectivity index (χ0v) is 13.5. The fourth-order valence-corrected chi connectivity index (χ4v) is 3.30. The predicted molar refractivity (Wildman–Crippen MR) is 86.1 cm³/mol. The maximum absolute atomic E-state index is 14.2. The van der Waals surface area contributed by atoms with Crippen LogP contribution in [0.4, 0.5) is 10.1 Å². The van der Waals surface area contributed by atoms with E-state index in [4.69, 9.17) is 0 Å². The van der Waals surface area contributed by atoms with Crippen molar-refractivity contribution < 1.29 is 9.50 Å². The maximum Gasteiger partial charge on any atom is 0.131 e. The van der Waals surface area contributed by atoms with Crippen molar-refractivity contribution in [1.29, 1.82) is 0 Å². The van der Waals surface area contributed by atoms with E-state index in [1.165, 1.54) is 31.7 Å². The van der Waals surface area contributed by atoms with Gasteiger partial charge in [0.15, 0.2) is 0 Å². The molecule has 1 aromatic carbocycles. The van der Waals surface area contributed by atoms with E-state index in [0.717, 1.165) is 18.7 Å². The van der Waals surface area contributed by atoms with Gasteiger partial charge in [0.25, 0.3) is 0 Å². The van der Waals surface area contributed by atoms with Crippen LogP contribution >= 0.6 is 0 Å². The van der Waals surface area contributed by atoms with Crippen molar-refractivity contribution in [2.24, 2.45) is 5.92 Å². The van der Waals surface area contributed by atoms with Gasteiger partial charge in [-0.2, -0.15) is 0 Å². The average Bonchev–Trinajstić information content (AvgIpc) is 2.92. The molecule has 21 heavy (non-hydrogen) atoms. The molecule has 1 atom stereocenters. The highest BCUT2D eigenvalue weighted by molar-refractivity contribution is 5.56. The van der Waals surface area contributed by atoms with E-state index in [1.54, 1.807) is 13.0 Å². The van der Waals surface area contributed by atoms with Gasteiger partial charge in [-0.15, -0.1) is 0 Å². The van der Waals surface area contributed by atoms with Crippen molar-refractivity contribution in [1.82, 2.24) is 0 Å². The van der Waals surface area contributed by atoms with E-state index in [1.807, 2.05) is 6.07 Å². The average molecular weight is 293 g/mol. The van der Waals surface area contributed by atoms with Crippen LogP contribution in [0.25, 0.3) is 0 Å². The summed E-state index contributed by atoms with van der Waals surface area (Å²) in [5.74, 6) is 0.326. The van der Waals surface area contributed by atoms with Crippen LogP contribution < -0.4 is 4.90 Å². The lowest BCUT2D eigenvalue weighted by Crippen LogP contribution is -2.35. The fraction of sp³-hybridized carbons (Fsp3) is 0.667. The lowest BCUT2D eigenvalue weighted by Gasteiger charge is -2.34. The molecular weight excluding hydrogens is 265 g/mol. The molecular formula is C18H28FNO. The molecule has 0 aromatic heterocycles. The number of hydrogen-bond donors (Lipinski definition) is 1. The summed E-state index contributed by atoms with van der Waals surface area (Å²) in [6.45, 7) is 7.02. The molecule has 0 saturated heterocycles. The molecule has 2 nitrogen and oxygen atoms in total. The molecule has 1 aliphatic carbocycles. The lowest BCUT2D eigenvalue weighted by atomic mass is 10.0. The number of anilines is 1. The molecule has 1 aliphatic rings. The Bertz CT molecular complexity index is 453. The second-order valence-electron chi connectivity index (χ2n) is 6.66. The summed E-state index contributed by atoms with van der Waals surface area (Å²) in [6.07, 6.45) is 5.17. The minimum absolute atomic E-state index is 0.296. The maximum atomic E-state index is 14.2. The first-order valence-electron chi connectivity index (χ1n) is 8.23. The molecule has 0 amide bonds. The van der Waals surface area contributed by atoms with Gasteiger partial charge in [-0.05, 0) is 44.2 Å². The number of rotatable bonds is 6. The van der Waals surface area contributed by atoms with Gasteiger partial charge in [0.2, 0.25) is 0 Å². The molecule has 1 aromatic rings. The monoisotopic (exact) mass is 293 g/mol. The standard InChI is InChI=1S/C18H28FNO/c1-13(2)11-12-20(15-7-4-5-8-15)17-10-6-9-16(19)18(17)14(3)21/h6,9-10,13-15,21H,4-5,7-8,11-12H2,1-3H3. The van der Waals surface area contributed by atoms with Gasteiger partial charge in [0, 0.05) is 23.8 Å². The number of aliphatic hydroxyl groups is 1. The van der Waals surface area contributed by atoms with Crippen molar-refractivity contribution in [3.05, 3.63) is 29.6 Å². The predicted octanol–water partition coefficient (Wildman–Crippen LogP) is 4.67. The summed E-state index contributed by atoms with van der Waals surface area (Å²) in [4.78, 5) is 2.35. The van der Waals surface area contributed by atoms with Crippen LogP contribution in [0.15, 0.2) is 18.2 Å². The summed E-state index contributed by atoms with van der Waals surface area (Å²) in [7, 11) is 0. The Morgan fingerprint density at radius 2 is 1.90 bits per heavy atom. The fourth-order valence-electron chi connectivity index (χ4n) is 3.30. The molecule has 118 valence electrons. The Morgan fingerprint density at radius 3 is 2.48 bits per heavy atom. The van der Waals surface area contributed by atoms with Gasteiger partial charge in [-0.25, -0.2) is 4.39 Å². The van der Waals surface area contributed by atoms with Crippen LogP contribution in [-0.4, -0.2) is 17.7 Å². The van der Waals surface area contributed by atoms with Gasteiger partial charge in [-0.3, -0.25) is 0 Å². The first-order valence-corrected chi connectivity index (χ1v) is 8.23. The van der Waals surface area contributed by atoms with Crippen molar-refractivity contribution in [3.8, 4) is 0 Å². The largest absolute Gasteiger partial charge is 0.389 e. The van der Waals surface area contributed by atoms with Gasteiger partial charge in [0.05, 0.1) is 6.10 Å². The van der Waals surface area contributed by atoms with Crippen LogP contribution in [-0.2, 0) is 0 Å². The molecule has 1 N–H and O–H groups in total. The summed E-state index contributed by atoms with van der Waals surface area (Å²) >= 11 is 0. The summed E-state index contributed by atoms with van der Waals surface area (Å²) in [5.41, 5.74) is 1.34. The van der Waals surface area contributed by atoms with E-state index >= 15 is 0 Å². The third-order valence-corrected chi connectivity index (χ3v) is 4.47. The van der Waals surface area contributed by atoms with E-state index in [2.05, 4.69) is 18.7 Å². The van der Waals surface area contributed by atoms with E-state index in [0.29, 0.717) is 17.5 Å². The smallest absolute Gasteiger partial charge is 0.131 e. The van der Waals surface area contributed by atoms with Crippen molar-refractivity contribution in [2.75, 3.05) is 11.4 Å².